The van der Waals surface area contributed by atoms with Gasteiger partial charge in [0.2, 0.25) is 0 Å². The molecular weight excluding hydrogens is 310 g/mol. The zero-order valence-corrected chi connectivity index (χ0v) is 13.6. The Morgan fingerprint density at radius 1 is 0.920 bits per heavy atom. The van der Waals surface area contributed by atoms with E-state index in [1.165, 1.54) is 0 Å². The summed E-state index contributed by atoms with van der Waals surface area (Å²) in [5.41, 5.74) is 5.82. The van der Waals surface area contributed by atoms with E-state index in [-0.39, 0.29) is 0 Å². The first-order valence-corrected chi connectivity index (χ1v) is 8.09. The lowest BCUT2D eigenvalue weighted by Crippen LogP contribution is -1.97. The molecule has 4 nitrogen and oxygen atoms in total. The standard InChI is InChI=1S/C21H17N3O/c1-2-16-17(12-13-19-21(16)23-24-22-19)18-10-6-7-11-20(18)25-14-15-8-4-3-5-9-15/h2-13H,1,14H2,(H,22,23,24). The highest BCUT2D eigenvalue weighted by Crippen LogP contribution is 2.35. The monoisotopic (exact) mass is 327 g/mol. The van der Waals surface area contributed by atoms with Gasteiger partial charge < -0.3 is 4.74 Å². The molecule has 0 atom stereocenters. The number of ether oxygens (including phenoxy) is 1. The summed E-state index contributed by atoms with van der Waals surface area (Å²) in [7, 11) is 0. The Morgan fingerprint density at radius 3 is 2.56 bits per heavy atom. The predicted molar refractivity (Wildman–Crippen MR) is 100 cm³/mol. The number of hydrogen-bond acceptors (Lipinski definition) is 3. The van der Waals surface area contributed by atoms with Crippen LogP contribution in [0, 0.1) is 0 Å². The summed E-state index contributed by atoms with van der Waals surface area (Å²) in [6.07, 6.45) is 1.81. The molecule has 3 aromatic carbocycles. The Balaban J connectivity index is 1.75. The van der Waals surface area contributed by atoms with Crippen molar-refractivity contribution >= 4 is 17.1 Å². The second-order valence-corrected chi connectivity index (χ2v) is 5.71. The fourth-order valence-corrected chi connectivity index (χ4v) is 2.93. The van der Waals surface area contributed by atoms with Crippen LogP contribution in [0.3, 0.4) is 0 Å². The van der Waals surface area contributed by atoms with Crippen LogP contribution in [0.2, 0.25) is 0 Å². The molecular formula is C21H17N3O. The van der Waals surface area contributed by atoms with Gasteiger partial charge in [-0.2, -0.15) is 0 Å². The number of rotatable bonds is 5. The predicted octanol–water partition coefficient (Wildman–Crippen LogP) is 4.85. The maximum absolute atomic E-state index is 6.09. The number of aromatic nitrogens is 3. The number of fused-ring (bicyclic) bond motifs is 1. The molecule has 0 unspecified atom stereocenters. The van der Waals surface area contributed by atoms with Gasteiger partial charge in [0.25, 0.3) is 0 Å². The van der Waals surface area contributed by atoms with Gasteiger partial charge in [-0.15, -0.1) is 5.10 Å². The smallest absolute Gasteiger partial charge is 0.127 e. The van der Waals surface area contributed by atoms with Crippen LogP contribution in [0.15, 0.2) is 73.3 Å². The van der Waals surface area contributed by atoms with Crippen LogP contribution in [0.4, 0.5) is 0 Å². The molecule has 0 amide bonds. The second-order valence-electron chi connectivity index (χ2n) is 5.71. The van der Waals surface area contributed by atoms with E-state index in [2.05, 4.69) is 40.2 Å². The van der Waals surface area contributed by atoms with Crippen molar-refractivity contribution in [3.05, 3.63) is 84.4 Å². The summed E-state index contributed by atoms with van der Waals surface area (Å²) in [4.78, 5) is 0. The fraction of sp³-hybridized carbons (Fsp3) is 0.0476. The fourth-order valence-electron chi connectivity index (χ4n) is 2.93. The number of benzene rings is 3. The van der Waals surface area contributed by atoms with E-state index >= 15 is 0 Å². The highest BCUT2D eigenvalue weighted by atomic mass is 16.5. The van der Waals surface area contributed by atoms with E-state index in [9.17, 15) is 0 Å². The molecule has 122 valence electrons. The molecule has 1 aromatic heterocycles. The molecule has 4 heteroatoms. The minimum absolute atomic E-state index is 0.521. The highest BCUT2D eigenvalue weighted by Gasteiger charge is 2.13. The van der Waals surface area contributed by atoms with E-state index in [1.54, 1.807) is 0 Å². The molecule has 1 heterocycles. The highest BCUT2D eigenvalue weighted by molar-refractivity contribution is 5.93. The van der Waals surface area contributed by atoms with Crippen molar-refractivity contribution in [2.24, 2.45) is 0 Å². The van der Waals surface area contributed by atoms with Gasteiger partial charge in [-0.1, -0.05) is 72.5 Å². The molecule has 4 rings (SSSR count). The van der Waals surface area contributed by atoms with Crippen LogP contribution in [0.5, 0.6) is 5.75 Å². The lowest BCUT2D eigenvalue weighted by Gasteiger charge is -2.14. The average molecular weight is 327 g/mol. The Morgan fingerprint density at radius 2 is 1.72 bits per heavy atom. The van der Waals surface area contributed by atoms with E-state index in [0.717, 1.165) is 39.0 Å². The van der Waals surface area contributed by atoms with Gasteiger partial charge in [-0.25, -0.2) is 0 Å². The minimum Gasteiger partial charge on any atom is -0.488 e. The number of nitrogens with zero attached hydrogens (tertiary/aromatic N) is 2. The summed E-state index contributed by atoms with van der Waals surface area (Å²) in [6, 6.07) is 22.2. The molecule has 0 aliphatic rings. The first-order chi connectivity index (χ1) is 12.4. The summed E-state index contributed by atoms with van der Waals surface area (Å²) < 4.78 is 6.09. The molecule has 0 saturated carbocycles. The Hall–Kier alpha value is -3.40. The third-order valence-electron chi connectivity index (χ3n) is 4.16. The molecule has 0 bridgehead atoms. The van der Waals surface area contributed by atoms with Crippen molar-refractivity contribution < 1.29 is 4.74 Å². The normalized spacial score (nSPS) is 10.7. The Labute approximate surface area is 145 Å². The van der Waals surface area contributed by atoms with Crippen molar-refractivity contribution in [2.45, 2.75) is 6.61 Å². The van der Waals surface area contributed by atoms with Gasteiger partial charge in [0.1, 0.15) is 17.9 Å². The van der Waals surface area contributed by atoms with Gasteiger partial charge in [0.05, 0.1) is 5.52 Å². The third-order valence-corrected chi connectivity index (χ3v) is 4.16. The zero-order valence-electron chi connectivity index (χ0n) is 13.6. The van der Waals surface area contributed by atoms with Crippen LogP contribution >= 0.6 is 0 Å². The van der Waals surface area contributed by atoms with Gasteiger partial charge >= 0.3 is 0 Å². The first kappa shape index (κ1) is 15.1. The quantitative estimate of drug-likeness (QED) is 0.570. The molecule has 4 aromatic rings. The van der Waals surface area contributed by atoms with Crippen LogP contribution in [0.25, 0.3) is 28.2 Å². The third kappa shape index (κ3) is 2.90. The lowest BCUT2D eigenvalue weighted by atomic mass is 9.97. The number of hydrogen-bond donors (Lipinski definition) is 1. The van der Waals surface area contributed by atoms with Crippen LogP contribution in [-0.2, 0) is 6.61 Å². The molecule has 0 radical (unpaired) electrons. The molecule has 25 heavy (non-hydrogen) atoms. The number of H-pyrrole nitrogens is 1. The van der Waals surface area contributed by atoms with E-state index in [4.69, 9.17) is 4.74 Å². The second kappa shape index (κ2) is 6.61. The van der Waals surface area contributed by atoms with Gasteiger partial charge in [-0.05, 0) is 23.3 Å². The Bertz CT molecular complexity index is 1020. The molecule has 0 aliphatic carbocycles. The van der Waals surface area contributed by atoms with E-state index in [0.29, 0.717) is 6.61 Å². The summed E-state index contributed by atoms with van der Waals surface area (Å²) in [6.45, 7) is 4.47. The maximum Gasteiger partial charge on any atom is 0.127 e. The number of nitrogens with one attached hydrogen (secondary N) is 1. The lowest BCUT2D eigenvalue weighted by molar-refractivity contribution is 0.307. The van der Waals surface area contributed by atoms with Crippen molar-refractivity contribution in [1.29, 1.82) is 0 Å². The Kier molecular flexibility index (Phi) is 4.01. The topological polar surface area (TPSA) is 50.8 Å². The maximum atomic E-state index is 6.09. The molecule has 0 spiro atoms. The van der Waals surface area contributed by atoms with Gasteiger partial charge in [0.15, 0.2) is 0 Å². The van der Waals surface area contributed by atoms with E-state index in [1.807, 2.05) is 54.6 Å². The van der Waals surface area contributed by atoms with Crippen molar-refractivity contribution in [2.75, 3.05) is 0 Å². The molecule has 0 fully saturated rings. The van der Waals surface area contributed by atoms with Crippen molar-refractivity contribution in [3.63, 3.8) is 0 Å². The minimum atomic E-state index is 0.521. The van der Waals surface area contributed by atoms with Crippen LogP contribution in [0.1, 0.15) is 11.1 Å². The summed E-state index contributed by atoms with van der Waals surface area (Å²) in [5, 5.41) is 11.0. The largest absolute Gasteiger partial charge is 0.488 e. The van der Waals surface area contributed by atoms with Gasteiger partial charge in [0, 0.05) is 11.1 Å². The van der Waals surface area contributed by atoms with Crippen molar-refractivity contribution in [3.8, 4) is 16.9 Å². The SMILES string of the molecule is C=Cc1c(-c2ccccc2OCc2ccccc2)ccc2[nH]nnc12. The molecule has 1 N–H and O–H groups in total. The van der Waals surface area contributed by atoms with Crippen LogP contribution < -0.4 is 4.74 Å². The van der Waals surface area contributed by atoms with E-state index < -0.39 is 0 Å². The van der Waals surface area contributed by atoms with Crippen molar-refractivity contribution in [1.82, 2.24) is 15.4 Å². The first-order valence-electron chi connectivity index (χ1n) is 8.09. The molecule has 0 aliphatic heterocycles. The number of aromatic amines is 1. The number of para-hydroxylation sites is 1. The van der Waals surface area contributed by atoms with Gasteiger partial charge in [-0.3, -0.25) is 5.10 Å². The summed E-state index contributed by atoms with van der Waals surface area (Å²) >= 11 is 0. The average Bonchev–Trinajstić information content (AvgIpc) is 3.15. The summed E-state index contributed by atoms with van der Waals surface area (Å²) in [5.74, 6) is 0.831. The molecule has 0 saturated heterocycles. The van der Waals surface area contributed by atoms with Crippen LogP contribution in [-0.4, -0.2) is 15.4 Å². The zero-order chi connectivity index (χ0) is 17.1.